The van der Waals surface area contributed by atoms with E-state index in [4.69, 9.17) is 4.74 Å². The third-order valence-corrected chi connectivity index (χ3v) is 4.12. The van der Waals surface area contributed by atoms with Crippen molar-refractivity contribution >= 4 is 17.4 Å². The minimum Gasteiger partial charge on any atom is -0.480 e. The first-order chi connectivity index (χ1) is 11.7. The summed E-state index contributed by atoms with van der Waals surface area (Å²) in [5.41, 5.74) is 2.09. The van der Waals surface area contributed by atoms with Crippen molar-refractivity contribution in [1.29, 1.82) is 0 Å². The Bertz CT molecular complexity index is 727. The molecule has 3 rings (SSSR count). The lowest BCUT2D eigenvalue weighted by atomic mass is 10.1. The van der Waals surface area contributed by atoms with Crippen molar-refractivity contribution in [3.8, 4) is 5.88 Å². The lowest BCUT2D eigenvalue weighted by molar-refractivity contribution is 0.102. The third-order valence-electron chi connectivity index (χ3n) is 4.12. The lowest BCUT2D eigenvalue weighted by Gasteiger charge is -2.29. The Balaban J connectivity index is 1.87. The van der Waals surface area contributed by atoms with Gasteiger partial charge in [-0.1, -0.05) is 0 Å². The highest BCUT2D eigenvalue weighted by Crippen LogP contribution is 2.26. The second-order valence-corrected chi connectivity index (χ2v) is 5.95. The average Bonchev–Trinajstić information content (AvgIpc) is 2.62. The Morgan fingerprint density at radius 3 is 2.79 bits per heavy atom. The zero-order valence-corrected chi connectivity index (χ0v) is 14.1. The van der Waals surface area contributed by atoms with E-state index in [0.29, 0.717) is 17.1 Å². The van der Waals surface area contributed by atoms with Crippen molar-refractivity contribution in [2.75, 3.05) is 30.4 Å². The Morgan fingerprint density at radius 1 is 1.25 bits per heavy atom. The molecular formula is C18H22N4O2. The van der Waals surface area contributed by atoms with Crippen molar-refractivity contribution < 1.29 is 9.53 Å². The van der Waals surface area contributed by atoms with Crippen LogP contribution in [0.1, 0.15) is 35.2 Å². The number of aryl methyl sites for hydroxylation is 1. The molecule has 0 saturated carbocycles. The highest BCUT2D eigenvalue weighted by atomic mass is 16.5. The zero-order valence-electron chi connectivity index (χ0n) is 14.1. The Hall–Kier alpha value is -2.63. The SMILES string of the molecule is COc1ncc(C)cc1NC(=O)c1cccnc1N1CCCCC1. The van der Waals surface area contributed by atoms with Crippen LogP contribution in [0.25, 0.3) is 0 Å². The number of hydrogen-bond acceptors (Lipinski definition) is 5. The number of hydrogen-bond donors (Lipinski definition) is 1. The first-order valence-corrected chi connectivity index (χ1v) is 8.21. The molecule has 0 radical (unpaired) electrons. The molecule has 1 saturated heterocycles. The van der Waals surface area contributed by atoms with Gasteiger partial charge in [-0.25, -0.2) is 9.97 Å². The number of nitrogens with zero attached hydrogens (tertiary/aromatic N) is 3. The van der Waals surface area contributed by atoms with Gasteiger partial charge in [-0.3, -0.25) is 4.79 Å². The van der Waals surface area contributed by atoms with Crippen LogP contribution in [0.2, 0.25) is 0 Å². The van der Waals surface area contributed by atoms with Crippen molar-refractivity contribution in [2.45, 2.75) is 26.2 Å². The summed E-state index contributed by atoms with van der Waals surface area (Å²) in [5.74, 6) is 0.945. The first kappa shape index (κ1) is 16.2. The van der Waals surface area contributed by atoms with Crippen LogP contribution >= 0.6 is 0 Å². The van der Waals surface area contributed by atoms with Crippen LogP contribution in [0.15, 0.2) is 30.6 Å². The summed E-state index contributed by atoms with van der Waals surface area (Å²) < 4.78 is 5.23. The Labute approximate surface area is 141 Å². The minimum atomic E-state index is -0.200. The predicted molar refractivity (Wildman–Crippen MR) is 93.8 cm³/mol. The van der Waals surface area contributed by atoms with Gasteiger partial charge in [-0.15, -0.1) is 0 Å². The summed E-state index contributed by atoms with van der Waals surface area (Å²) in [6, 6.07) is 5.44. The number of rotatable bonds is 4. The highest BCUT2D eigenvalue weighted by molar-refractivity contribution is 6.08. The predicted octanol–water partition coefficient (Wildman–Crippen LogP) is 3.04. The van der Waals surface area contributed by atoms with Crippen LogP contribution in [-0.4, -0.2) is 36.1 Å². The van der Waals surface area contributed by atoms with E-state index in [0.717, 1.165) is 37.3 Å². The van der Waals surface area contributed by atoms with Gasteiger partial charge < -0.3 is 15.0 Å². The maximum atomic E-state index is 12.8. The molecule has 0 aliphatic carbocycles. The maximum Gasteiger partial charge on any atom is 0.259 e. The number of piperidine rings is 1. The van der Waals surface area contributed by atoms with Crippen LogP contribution in [-0.2, 0) is 0 Å². The van der Waals surface area contributed by atoms with Gasteiger partial charge in [0.2, 0.25) is 5.88 Å². The third kappa shape index (κ3) is 3.48. The fourth-order valence-electron chi connectivity index (χ4n) is 2.93. The van der Waals surface area contributed by atoms with Crippen LogP contribution in [0, 0.1) is 6.92 Å². The normalized spacial score (nSPS) is 14.3. The Kier molecular flexibility index (Phi) is 4.93. The van der Waals surface area contributed by atoms with Crippen molar-refractivity contribution in [3.05, 3.63) is 41.7 Å². The summed E-state index contributed by atoms with van der Waals surface area (Å²) in [6.07, 6.45) is 6.94. The molecule has 6 nitrogen and oxygen atoms in total. The topological polar surface area (TPSA) is 67.3 Å². The number of pyridine rings is 2. The molecule has 3 heterocycles. The Morgan fingerprint density at radius 2 is 2.04 bits per heavy atom. The second kappa shape index (κ2) is 7.29. The van der Waals surface area contributed by atoms with E-state index in [-0.39, 0.29) is 5.91 Å². The lowest BCUT2D eigenvalue weighted by Crippen LogP contribution is -2.32. The first-order valence-electron chi connectivity index (χ1n) is 8.21. The van der Waals surface area contributed by atoms with E-state index in [1.807, 2.05) is 19.1 Å². The number of anilines is 2. The fourth-order valence-corrected chi connectivity index (χ4v) is 2.93. The maximum absolute atomic E-state index is 12.8. The van der Waals surface area contributed by atoms with Crippen molar-refractivity contribution in [3.63, 3.8) is 0 Å². The van der Waals surface area contributed by atoms with Crippen LogP contribution in [0.5, 0.6) is 5.88 Å². The highest BCUT2D eigenvalue weighted by Gasteiger charge is 2.20. The summed E-state index contributed by atoms with van der Waals surface area (Å²) >= 11 is 0. The molecule has 24 heavy (non-hydrogen) atoms. The summed E-state index contributed by atoms with van der Waals surface area (Å²) in [7, 11) is 1.54. The number of methoxy groups -OCH3 is 1. The molecule has 0 atom stereocenters. The number of nitrogens with one attached hydrogen (secondary N) is 1. The molecule has 2 aromatic heterocycles. The van der Waals surface area contributed by atoms with Gasteiger partial charge in [0.05, 0.1) is 12.7 Å². The van der Waals surface area contributed by atoms with E-state index in [9.17, 15) is 4.79 Å². The van der Waals surface area contributed by atoms with E-state index in [2.05, 4.69) is 20.2 Å². The molecule has 1 N–H and O–H groups in total. The molecule has 1 amide bonds. The molecule has 0 spiro atoms. The molecule has 1 aliphatic rings. The monoisotopic (exact) mass is 326 g/mol. The van der Waals surface area contributed by atoms with Gasteiger partial charge in [-0.2, -0.15) is 0 Å². The van der Waals surface area contributed by atoms with Gasteiger partial charge in [0, 0.05) is 25.5 Å². The van der Waals surface area contributed by atoms with E-state index in [1.54, 1.807) is 18.5 Å². The van der Waals surface area contributed by atoms with Gasteiger partial charge in [-0.05, 0) is 49.9 Å². The average molecular weight is 326 g/mol. The summed E-state index contributed by atoms with van der Waals surface area (Å²) in [6.45, 7) is 3.80. The molecule has 6 heteroatoms. The summed E-state index contributed by atoms with van der Waals surface area (Å²) in [4.78, 5) is 23.6. The molecule has 2 aromatic rings. The van der Waals surface area contributed by atoms with E-state index in [1.165, 1.54) is 13.5 Å². The molecule has 126 valence electrons. The van der Waals surface area contributed by atoms with Crippen LogP contribution in [0.3, 0.4) is 0 Å². The molecule has 0 aromatic carbocycles. The molecule has 0 unspecified atom stereocenters. The van der Waals surface area contributed by atoms with Gasteiger partial charge in [0.1, 0.15) is 11.5 Å². The van der Waals surface area contributed by atoms with Crippen LogP contribution in [0.4, 0.5) is 11.5 Å². The minimum absolute atomic E-state index is 0.200. The second-order valence-electron chi connectivity index (χ2n) is 5.95. The van der Waals surface area contributed by atoms with Gasteiger partial charge in [0.15, 0.2) is 0 Å². The van der Waals surface area contributed by atoms with Crippen molar-refractivity contribution in [2.24, 2.45) is 0 Å². The van der Waals surface area contributed by atoms with Crippen LogP contribution < -0.4 is 15.0 Å². The number of amides is 1. The van der Waals surface area contributed by atoms with E-state index >= 15 is 0 Å². The van der Waals surface area contributed by atoms with Gasteiger partial charge in [0.25, 0.3) is 5.91 Å². The molecule has 1 fully saturated rings. The fraction of sp³-hybridized carbons (Fsp3) is 0.389. The van der Waals surface area contributed by atoms with Gasteiger partial charge >= 0.3 is 0 Å². The number of carbonyl (C=O) groups excluding carboxylic acids is 1. The zero-order chi connectivity index (χ0) is 16.9. The smallest absolute Gasteiger partial charge is 0.259 e. The summed E-state index contributed by atoms with van der Waals surface area (Å²) in [5, 5.41) is 2.90. The van der Waals surface area contributed by atoms with Crippen molar-refractivity contribution in [1.82, 2.24) is 9.97 Å². The quantitative estimate of drug-likeness (QED) is 0.935. The van der Waals surface area contributed by atoms with E-state index < -0.39 is 0 Å². The largest absolute Gasteiger partial charge is 0.480 e. The molecule has 1 aliphatic heterocycles. The standard InChI is InChI=1S/C18H22N4O2/c1-13-11-15(18(24-2)20-12-13)21-17(23)14-7-6-8-19-16(14)22-9-4-3-5-10-22/h6-8,11-12H,3-5,9-10H2,1-2H3,(H,21,23). The number of ether oxygens (including phenoxy) is 1. The molecule has 0 bridgehead atoms. The molecular weight excluding hydrogens is 304 g/mol. The number of carbonyl (C=O) groups is 1. The number of aromatic nitrogens is 2.